The molecule has 20 heteroatoms. The number of nitriles is 1. The van der Waals surface area contributed by atoms with E-state index in [2.05, 4.69) is 15.5 Å². The molecule has 5 aromatic rings. The molecule has 3 atom stereocenters. The molecule has 3 aromatic carbocycles. The molecule has 2 saturated heterocycles. The van der Waals surface area contributed by atoms with E-state index < -0.39 is 46.8 Å². The molecule has 2 aliphatic heterocycles. The van der Waals surface area contributed by atoms with Gasteiger partial charge >= 0.3 is 6.18 Å². The maximum atomic E-state index is 13.7. The Morgan fingerprint density at radius 2 is 1.71 bits per heavy atom. The van der Waals surface area contributed by atoms with Gasteiger partial charge in [0.25, 0.3) is 5.91 Å². The molecular formula is C50H54F3N7O8S2. The number of hydrogen-bond donors (Lipinski definition) is 2. The van der Waals surface area contributed by atoms with Gasteiger partial charge in [0.2, 0.25) is 11.8 Å². The van der Waals surface area contributed by atoms with Crippen molar-refractivity contribution in [2.24, 2.45) is 0 Å². The number of unbranched alkanes of at least 4 members (excludes halogenated alkanes) is 2. The highest BCUT2D eigenvalue weighted by Gasteiger charge is 2.51. The van der Waals surface area contributed by atoms with Crippen LogP contribution in [0.2, 0.25) is 0 Å². The maximum Gasteiger partial charge on any atom is 0.417 e. The van der Waals surface area contributed by atoms with Gasteiger partial charge < -0.3 is 39.0 Å². The number of rotatable bonds is 20. The monoisotopic (exact) mass is 1000 g/mol. The van der Waals surface area contributed by atoms with Gasteiger partial charge in [0.15, 0.2) is 5.11 Å². The Morgan fingerprint density at radius 1 is 1.00 bits per heavy atom. The molecule has 0 spiro atoms. The number of carbonyl (C=O) groups excluding carboxylic acids is 3. The fraction of sp³-hybridized carbons (Fsp3) is 0.420. The van der Waals surface area contributed by atoms with E-state index in [-0.39, 0.29) is 42.1 Å². The number of aromatic nitrogens is 2. The van der Waals surface area contributed by atoms with Gasteiger partial charge in [-0.05, 0) is 120 Å². The van der Waals surface area contributed by atoms with E-state index in [1.54, 1.807) is 74.5 Å². The zero-order valence-corrected chi connectivity index (χ0v) is 41.0. The largest absolute Gasteiger partial charge is 0.494 e. The lowest BCUT2D eigenvalue weighted by Gasteiger charge is -2.29. The van der Waals surface area contributed by atoms with Crippen molar-refractivity contribution >= 4 is 57.8 Å². The van der Waals surface area contributed by atoms with E-state index in [9.17, 15) is 37.9 Å². The smallest absolute Gasteiger partial charge is 0.417 e. The summed E-state index contributed by atoms with van der Waals surface area (Å²) in [5.41, 5.74) is 2.58. The summed E-state index contributed by atoms with van der Waals surface area (Å²) in [6.07, 6.45) is -2.44. The Hall–Kier alpha value is -6.40. The first-order chi connectivity index (χ1) is 33.4. The van der Waals surface area contributed by atoms with Crippen molar-refractivity contribution in [3.8, 4) is 28.0 Å². The second-order valence-corrected chi connectivity index (χ2v) is 18.9. The number of anilines is 2. The minimum absolute atomic E-state index is 0.00753. The lowest BCUT2D eigenvalue weighted by atomic mass is 10.0. The van der Waals surface area contributed by atoms with Gasteiger partial charge in [-0.1, -0.05) is 17.3 Å². The van der Waals surface area contributed by atoms with Crippen molar-refractivity contribution in [1.82, 2.24) is 20.4 Å². The van der Waals surface area contributed by atoms with Crippen molar-refractivity contribution in [2.75, 3.05) is 42.8 Å². The molecule has 0 bridgehead atoms. The normalized spacial score (nSPS) is 17.2. The summed E-state index contributed by atoms with van der Waals surface area (Å²) in [7, 11) is 0. The molecular weight excluding hydrogens is 948 g/mol. The van der Waals surface area contributed by atoms with Gasteiger partial charge in [0.1, 0.15) is 28.8 Å². The van der Waals surface area contributed by atoms with Crippen LogP contribution in [0.25, 0.3) is 10.4 Å². The first-order valence-electron chi connectivity index (χ1n) is 22.8. The summed E-state index contributed by atoms with van der Waals surface area (Å²) in [4.78, 5) is 50.0. The van der Waals surface area contributed by atoms with Crippen molar-refractivity contribution in [3.05, 3.63) is 106 Å². The van der Waals surface area contributed by atoms with E-state index in [1.807, 2.05) is 25.1 Å². The molecule has 2 aliphatic rings. The molecule has 0 radical (unpaired) electrons. The van der Waals surface area contributed by atoms with Crippen molar-refractivity contribution < 1.29 is 51.4 Å². The van der Waals surface area contributed by atoms with Crippen molar-refractivity contribution in [3.63, 3.8) is 0 Å². The van der Waals surface area contributed by atoms with E-state index in [0.29, 0.717) is 61.5 Å². The zero-order chi connectivity index (χ0) is 50.3. The third-order valence-corrected chi connectivity index (χ3v) is 13.5. The van der Waals surface area contributed by atoms with Crippen LogP contribution in [-0.2, 0) is 31.8 Å². The van der Waals surface area contributed by atoms with Crippen LogP contribution in [-0.4, -0.2) is 93.6 Å². The highest BCUT2D eigenvalue weighted by atomic mass is 32.1. The highest BCUT2D eigenvalue weighted by Crippen LogP contribution is 2.40. The number of nitrogens with zero attached hydrogens (tertiary/aromatic N) is 6. The van der Waals surface area contributed by atoms with Gasteiger partial charge in [-0.2, -0.15) is 18.4 Å². The standard InChI is InChI=1S/C50H54F3N7O8S2/c1-30-22-42(68-57-30)31(2)46(63)58-28-38(61)25-41(58)45(62)55-27-35-11-10-33(44-32(3)56-29-70-44)23-43(35)67-21-9-19-65-18-7-6-8-20-66-39-16-14-36(15-17-39)60-48(69)59(47(64)49(60,4)5)37-13-12-34(26-54)40(24-37)50(51,52)53/h10-17,22-24,29,31,38,41,61H,6-9,18-21,25,27-28H2,1-5H3,(H,55,62)/t31-,38?,41+/m0/s1. The molecule has 2 fully saturated rings. The van der Waals surface area contributed by atoms with Crippen molar-refractivity contribution in [2.45, 2.75) is 103 Å². The number of thiocarbonyl (C=S) groups is 1. The fourth-order valence-electron chi connectivity index (χ4n) is 8.39. The summed E-state index contributed by atoms with van der Waals surface area (Å²) in [5.74, 6) is -0.296. The van der Waals surface area contributed by atoms with Crippen LogP contribution >= 0.6 is 23.6 Å². The molecule has 3 amide bonds. The molecule has 0 saturated carbocycles. The molecule has 15 nitrogen and oxygen atoms in total. The second kappa shape index (κ2) is 22.1. The molecule has 0 aliphatic carbocycles. The van der Waals surface area contributed by atoms with Crippen molar-refractivity contribution in [1.29, 1.82) is 5.26 Å². The quantitative estimate of drug-likeness (QED) is 0.0559. The highest BCUT2D eigenvalue weighted by molar-refractivity contribution is 7.81. The maximum absolute atomic E-state index is 13.7. The second-order valence-electron chi connectivity index (χ2n) is 17.7. The molecule has 7 rings (SSSR count). The van der Waals surface area contributed by atoms with Crippen LogP contribution in [0.1, 0.15) is 92.6 Å². The van der Waals surface area contributed by atoms with Gasteiger partial charge in [-0.15, -0.1) is 11.3 Å². The molecule has 370 valence electrons. The topological polar surface area (TPSA) is 184 Å². The summed E-state index contributed by atoms with van der Waals surface area (Å²) in [6, 6.07) is 18.3. The molecule has 2 N–H and O–H groups in total. The minimum atomic E-state index is -4.80. The Morgan fingerprint density at radius 3 is 2.40 bits per heavy atom. The number of benzene rings is 3. The SMILES string of the molecule is Cc1cc([C@H](C)C(=O)N2CC(O)C[C@@H]2C(=O)NCc2ccc(-c3scnc3C)cc2OCCCOCCCCCOc2ccc(N3C(=S)N(c4ccc(C#N)c(C(F)(F)F)c4)C(=O)C3(C)C)cc2)on1. The lowest BCUT2D eigenvalue weighted by Crippen LogP contribution is -2.47. The van der Waals surface area contributed by atoms with E-state index in [0.717, 1.165) is 58.0 Å². The van der Waals surface area contributed by atoms with Gasteiger partial charge in [-0.25, -0.2) is 4.98 Å². The number of aliphatic hydroxyl groups is 1. The van der Waals surface area contributed by atoms with Crippen LogP contribution in [0.5, 0.6) is 11.5 Å². The van der Waals surface area contributed by atoms with Crippen LogP contribution in [0.3, 0.4) is 0 Å². The predicted molar refractivity (Wildman–Crippen MR) is 259 cm³/mol. The fourth-order valence-corrected chi connectivity index (χ4v) is 9.71. The minimum Gasteiger partial charge on any atom is -0.494 e. The Bertz CT molecular complexity index is 2740. The Balaban J connectivity index is 0.838. The van der Waals surface area contributed by atoms with Gasteiger partial charge in [-0.3, -0.25) is 19.3 Å². The predicted octanol–water partition coefficient (Wildman–Crippen LogP) is 8.64. The number of β-amino-alcohol motifs (C(OH)–C–C–N with tert-alkyl or cyclic N) is 1. The average Bonchev–Trinajstić information content (AvgIpc) is 4.11. The van der Waals surface area contributed by atoms with Crippen LogP contribution in [0, 0.1) is 25.2 Å². The number of aryl methyl sites for hydroxylation is 2. The van der Waals surface area contributed by atoms with Gasteiger partial charge in [0, 0.05) is 56.5 Å². The number of likely N-dealkylation sites (tertiary alicyclic amines) is 1. The molecule has 2 aromatic heterocycles. The van der Waals surface area contributed by atoms with E-state index >= 15 is 0 Å². The summed E-state index contributed by atoms with van der Waals surface area (Å²) >= 11 is 7.17. The molecule has 4 heterocycles. The van der Waals surface area contributed by atoms with Crippen LogP contribution in [0.4, 0.5) is 24.5 Å². The number of aliphatic hydroxyl groups excluding tert-OH is 1. The van der Waals surface area contributed by atoms with Crippen LogP contribution in [0.15, 0.2) is 76.8 Å². The summed E-state index contributed by atoms with van der Waals surface area (Å²) < 4.78 is 64.6. The summed E-state index contributed by atoms with van der Waals surface area (Å²) in [5, 5.41) is 26.5. The number of alkyl halides is 3. The molecule has 1 unspecified atom stereocenters. The number of carbonyl (C=O) groups is 3. The first-order valence-corrected chi connectivity index (χ1v) is 24.1. The van der Waals surface area contributed by atoms with Gasteiger partial charge in [0.05, 0.1) is 69.9 Å². The van der Waals surface area contributed by atoms with Crippen LogP contribution < -0.4 is 24.6 Å². The average molecular weight is 1000 g/mol. The Kier molecular flexibility index (Phi) is 16.3. The van der Waals surface area contributed by atoms with E-state index in [1.165, 1.54) is 22.3 Å². The number of thiazole rings is 1. The molecule has 70 heavy (non-hydrogen) atoms. The Labute approximate surface area is 413 Å². The zero-order valence-electron chi connectivity index (χ0n) is 39.4. The summed E-state index contributed by atoms with van der Waals surface area (Å²) in [6.45, 7) is 10.7. The van der Waals surface area contributed by atoms with E-state index in [4.69, 9.17) is 31.0 Å². The number of ether oxygens (including phenoxy) is 3. The number of halogens is 3. The third kappa shape index (κ3) is 11.6. The number of nitrogens with one attached hydrogen (secondary N) is 1. The number of hydrogen-bond acceptors (Lipinski definition) is 13. The first kappa shape index (κ1) is 51.5. The third-order valence-electron chi connectivity index (χ3n) is 12.2. The number of amides is 3. The lowest BCUT2D eigenvalue weighted by molar-refractivity contribution is -0.139.